The zero-order valence-electron chi connectivity index (χ0n) is 12.0. The summed E-state index contributed by atoms with van der Waals surface area (Å²) in [5.74, 6) is 0.819. The Balaban J connectivity index is 2.30. The highest BCUT2D eigenvalue weighted by Crippen LogP contribution is 2.25. The maximum absolute atomic E-state index is 9.16. The van der Waals surface area contributed by atoms with Gasteiger partial charge in [-0.15, -0.1) is 0 Å². The second-order valence-corrected chi connectivity index (χ2v) is 4.65. The summed E-state index contributed by atoms with van der Waals surface area (Å²) in [5.41, 5.74) is 2.64. The molecule has 0 aliphatic heterocycles. The maximum Gasteiger partial charge on any atom is 0.132 e. The van der Waals surface area contributed by atoms with Crippen molar-refractivity contribution in [2.75, 3.05) is 19.0 Å². The minimum absolute atomic E-state index is 0.272. The predicted octanol–water partition coefficient (Wildman–Crippen LogP) is 3.00. The molecule has 4 heteroatoms. The molecule has 2 aromatic rings. The standard InChI is InChI=1S/C16H18N4/c1-12(18-2)14-8-9-16(19-11-14)20(3)15-7-5-4-6-13(15)10-17/h4-9,11-12,18H,1-3H3. The fourth-order valence-electron chi connectivity index (χ4n) is 2.00. The molecular formula is C16H18N4. The van der Waals surface area contributed by atoms with Gasteiger partial charge in [-0.05, 0) is 37.7 Å². The SMILES string of the molecule is CNC(C)c1ccc(N(C)c2ccccc2C#N)nc1. The van der Waals surface area contributed by atoms with Crippen molar-refractivity contribution in [1.82, 2.24) is 10.3 Å². The van der Waals surface area contributed by atoms with Gasteiger partial charge < -0.3 is 10.2 Å². The molecule has 1 heterocycles. The smallest absolute Gasteiger partial charge is 0.132 e. The predicted molar refractivity (Wildman–Crippen MR) is 80.9 cm³/mol. The normalized spacial score (nSPS) is 11.7. The molecule has 0 amide bonds. The van der Waals surface area contributed by atoms with Crippen molar-refractivity contribution < 1.29 is 0 Å². The molecule has 0 aliphatic carbocycles. The number of nitriles is 1. The van der Waals surface area contributed by atoms with Gasteiger partial charge in [0, 0.05) is 19.3 Å². The number of rotatable bonds is 4. The molecule has 1 aromatic carbocycles. The van der Waals surface area contributed by atoms with Gasteiger partial charge in [0.15, 0.2) is 0 Å². The number of nitrogens with zero attached hydrogens (tertiary/aromatic N) is 3. The highest BCUT2D eigenvalue weighted by molar-refractivity contribution is 5.66. The lowest BCUT2D eigenvalue weighted by Crippen LogP contribution is -2.15. The van der Waals surface area contributed by atoms with Crippen molar-refractivity contribution in [1.29, 1.82) is 5.26 Å². The third-order valence-corrected chi connectivity index (χ3v) is 3.43. The fourth-order valence-corrected chi connectivity index (χ4v) is 2.00. The van der Waals surface area contributed by atoms with E-state index in [1.54, 1.807) is 0 Å². The van der Waals surface area contributed by atoms with Crippen LogP contribution in [0.2, 0.25) is 0 Å². The van der Waals surface area contributed by atoms with Crippen molar-refractivity contribution in [3.63, 3.8) is 0 Å². The van der Waals surface area contributed by atoms with Crippen LogP contribution in [0.4, 0.5) is 11.5 Å². The Morgan fingerprint density at radius 2 is 2.00 bits per heavy atom. The molecule has 1 unspecified atom stereocenters. The van der Waals surface area contributed by atoms with E-state index in [1.165, 1.54) is 0 Å². The third-order valence-electron chi connectivity index (χ3n) is 3.43. The van der Waals surface area contributed by atoms with E-state index in [0.717, 1.165) is 17.1 Å². The number of anilines is 2. The Morgan fingerprint density at radius 3 is 2.60 bits per heavy atom. The van der Waals surface area contributed by atoms with Gasteiger partial charge in [0.25, 0.3) is 0 Å². The van der Waals surface area contributed by atoms with E-state index in [4.69, 9.17) is 5.26 Å². The molecule has 0 aliphatic rings. The minimum Gasteiger partial charge on any atom is -0.328 e. The van der Waals surface area contributed by atoms with Crippen LogP contribution >= 0.6 is 0 Å². The van der Waals surface area contributed by atoms with Crippen LogP contribution in [0.3, 0.4) is 0 Å². The molecule has 1 N–H and O–H groups in total. The number of hydrogen-bond acceptors (Lipinski definition) is 4. The number of para-hydroxylation sites is 1. The number of hydrogen-bond donors (Lipinski definition) is 1. The second-order valence-electron chi connectivity index (χ2n) is 4.65. The van der Waals surface area contributed by atoms with Crippen LogP contribution in [0.1, 0.15) is 24.1 Å². The Kier molecular flexibility index (Phi) is 4.34. The van der Waals surface area contributed by atoms with Crippen LogP contribution in [-0.2, 0) is 0 Å². The maximum atomic E-state index is 9.16. The monoisotopic (exact) mass is 266 g/mol. The lowest BCUT2D eigenvalue weighted by Gasteiger charge is -2.20. The van der Waals surface area contributed by atoms with Crippen molar-refractivity contribution in [3.8, 4) is 6.07 Å². The van der Waals surface area contributed by atoms with Gasteiger partial charge in [0.2, 0.25) is 0 Å². The van der Waals surface area contributed by atoms with E-state index in [2.05, 4.69) is 29.4 Å². The molecular weight excluding hydrogens is 248 g/mol. The molecule has 2 rings (SSSR count). The number of benzene rings is 1. The lowest BCUT2D eigenvalue weighted by molar-refractivity contribution is 0.649. The van der Waals surface area contributed by atoms with Gasteiger partial charge in [-0.3, -0.25) is 0 Å². The van der Waals surface area contributed by atoms with Crippen LogP contribution in [0.5, 0.6) is 0 Å². The third kappa shape index (κ3) is 2.79. The summed E-state index contributed by atoms with van der Waals surface area (Å²) in [6.07, 6.45) is 1.86. The highest BCUT2D eigenvalue weighted by Gasteiger charge is 2.10. The van der Waals surface area contributed by atoms with E-state index in [0.29, 0.717) is 5.56 Å². The summed E-state index contributed by atoms with van der Waals surface area (Å²) < 4.78 is 0. The summed E-state index contributed by atoms with van der Waals surface area (Å²) in [6.45, 7) is 2.09. The topological polar surface area (TPSA) is 52.0 Å². The van der Waals surface area contributed by atoms with Crippen molar-refractivity contribution >= 4 is 11.5 Å². The Labute approximate surface area is 119 Å². The van der Waals surface area contributed by atoms with Gasteiger partial charge in [0.1, 0.15) is 11.9 Å². The molecule has 4 nitrogen and oxygen atoms in total. The number of nitrogens with one attached hydrogen (secondary N) is 1. The van der Waals surface area contributed by atoms with Gasteiger partial charge in [0.05, 0.1) is 11.3 Å². The first-order chi connectivity index (χ1) is 9.67. The minimum atomic E-state index is 0.272. The first-order valence-electron chi connectivity index (χ1n) is 6.53. The van der Waals surface area contributed by atoms with Crippen LogP contribution in [-0.4, -0.2) is 19.1 Å². The van der Waals surface area contributed by atoms with Crippen LogP contribution in [0.25, 0.3) is 0 Å². The van der Waals surface area contributed by atoms with Gasteiger partial charge in [-0.25, -0.2) is 4.98 Å². The van der Waals surface area contributed by atoms with E-state index >= 15 is 0 Å². The average molecular weight is 266 g/mol. The van der Waals surface area contributed by atoms with Crippen molar-refractivity contribution in [3.05, 3.63) is 53.7 Å². The van der Waals surface area contributed by atoms with E-state index in [9.17, 15) is 0 Å². The van der Waals surface area contributed by atoms with Crippen LogP contribution in [0.15, 0.2) is 42.6 Å². The highest BCUT2D eigenvalue weighted by atomic mass is 15.2. The summed E-state index contributed by atoms with van der Waals surface area (Å²) >= 11 is 0. The van der Waals surface area contributed by atoms with Gasteiger partial charge >= 0.3 is 0 Å². The average Bonchev–Trinajstić information content (AvgIpc) is 2.53. The second kappa shape index (κ2) is 6.18. The molecule has 102 valence electrons. The van der Waals surface area contributed by atoms with Gasteiger partial charge in [-0.1, -0.05) is 18.2 Å². The molecule has 0 bridgehead atoms. The summed E-state index contributed by atoms with van der Waals surface area (Å²) in [5, 5.41) is 12.3. The quantitative estimate of drug-likeness (QED) is 0.924. The van der Waals surface area contributed by atoms with Crippen molar-refractivity contribution in [2.24, 2.45) is 0 Å². The molecule has 1 aromatic heterocycles. The lowest BCUT2D eigenvalue weighted by atomic mass is 10.1. The van der Waals surface area contributed by atoms with E-state index in [1.807, 2.05) is 55.5 Å². The summed E-state index contributed by atoms with van der Waals surface area (Å²) in [4.78, 5) is 6.40. The molecule has 20 heavy (non-hydrogen) atoms. The number of aromatic nitrogens is 1. The summed E-state index contributed by atoms with van der Waals surface area (Å²) in [6, 6.07) is 14.0. The van der Waals surface area contributed by atoms with Crippen LogP contribution < -0.4 is 10.2 Å². The Bertz CT molecular complexity index is 613. The molecule has 1 atom stereocenters. The van der Waals surface area contributed by atoms with Gasteiger partial charge in [-0.2, -0.15) is 5.26 Å². The summed E-state index contributed by atoms with van der Waals surface area (Å²) in [7, 11) is 3.84. The molecule has 0 spiro atoms. The number of pyridine rings is 1. The molecule has 0 fully saturated rings. The van der Waals surface area contributed by atoms with E-state index < -0.39 is 0 Å². The Hall–Kier alpha value is -2.38. The largest absolute Gasteiger partial charge is 0.328 e. The first-order valence-corrected chi connectivity index (χ1v) is 6.53. The zero-order chi connectivity index (χ0) is 14.5. The molecule has 0 saturated heterocycles. The Morgan fingerprint density at radius 1 is 1.25 bits per heavy atom. The molecule has 0 saturated carbocycles. The van der Waals surface area contributed by atoms with E-state index in [-0.39, 0.29) is 6.04 Å². The zero-order valence-corrected chi connectivity index (χ0v) is 12.0. The first kappa shape index (κ1) is 14.0. The fraction of sp³-hybridized carbons (Fsp3) is 0.250. The van der Waals surface area contributed by atoms with Crippen LogP contribution in [0, 0.1) is 11.3 Å². The molecule has 0 radical (unpaired) electrons. The van der Waals surface area contributed by atoms with Crippen molar-refractivity contribution in [2.45, 2.75) is 13.0 Å².